The summed E-state index contributed by atoms with van der Waals surface area (Å²) in [4.78, 5) is 0. The highest BCUT2D eigenvalue weighted by atomic mass is 16.8. The third-order valence-electron chi connectivity index (χ3n) is 6.95. The second kappa shape index (κ2) is 5.87. The summed E-state index contributed by atoms with van der Waals surface area (Å²) in [5.74, 6) is 1.40. The normalized spacial score (nSPS) is 32.7. The quantitative estimate of drug-likeness (QED) is 0.656. The van der Waals surface area contributed by atoms with Crippen molar-refractivity contribution in [1.82, 2.24) is 0 Å². The van der Waals surface area contributed by atoms with Crippen molar-refractivity contribution in [2.24, 2.45) is 5.92 Å². The van der Waals surface area contributed by atoms with Gasteiger partial charge in [-0.2, -0.15) is 0 Å². The molecule has 5 aliphatic rings. The van der Waals surface area contributed by atoms with E-state index in [4.69, 9.17) is 18.9 Å². The van der Waals surface area contributed by atoms with Gasteiger partial charge >= 0.3 is 0 Å². The van der Waals surface area contributed by atoms with E-state index in [0.29, 0.717) is 5.92 Å². The van der Waals surface area contributed by atoms with Crippen molar-refractivity contribution in [2.45, 2.75) is 50.6 Å². The second-order valence-electron chi connectivity index (χ2n) is 8.93. The van der Waals surface area contributed by atoms with Crippen LogP contribution in [0.4, 0.5) is 0 Å². The van der Waals surface area contributed by atoms with Crippen LogP contribution < -0.4 is 9.47 Å². The molecule has 1 heterocycles. The predicted octanol–water partition coefficient (Wildman–Crippen LogP) is 5.14. The minimum Gasteiger partial charge on any atom is -0.493 e. The fourth-order valence-corrected chi connectivity index (χ4v) is 5.82. The molecular weight excluding hydrogens is 364 g/mol. The molecule has 29 heavy (non-hydrogen) atoms. The van der Waals surface area contributed by atoms with E-state index in [1.54, 1.807) is 14.2 Å². The summed E-state index contributed by atoms with van der Waals surface area (Å²) in [6.45, 7) is 4.01. The third-order valence-corrected chi connectivity index (χ3v) is 6.95. The van der Waals surface area contributed by atoms with Gasteiger partial charge in [-0.05, 0) is 72.2 Å². The molecule has 6 rings (SSSR count). The van der Waals surface area contributed by atoms with E-state index in [0.717, 1.165) is 29.9 Å². The van der Waals surface area contributed by atoms with Crippen LogP contribution in [0.25, 0.3) is 0 Å². The van der Waals surface area contributed by atoms with Crippen molar-refractivity contribution >= 4 is 0 Å². The van der Waals surface area contributed by atoms with Crippen LogP contribution in [0.15, 0.2) is 58.7 Å². The molecule has 4 atom stereocenters. The Bertz CT molecular complexity index is 1040. The van der Waals surface area contributed by atoms with Crippen molar-refractivity contribution in [3.63, 3.8) is 0 Å². The zero-order chi connectivity index (χ0) is 19.9. The number of hydrogen-bond acceptors (Lipinski definition) is 4. The Morgan fingerprint density at radius 1 is 0.931 bits per heavy atom. The smallest absolute Gasteiger partial charge is 0.164 e. The number of ether oxygens (including phenoxy) is 4. The first-order chi connectivity index (χ1) is 14.0. The molecule has 1 fully saturated rings. The van der Waals surface area contributed by atoms with Crippen molar-refractivity contribution in [1.29, 1.82) is 0 Å². The number of benzene rings is 1. The zero-order valence-corrected chi connectivity index (χ0v) is 17.3. The van der Waals surface area contributed by atoms with Crippen LogP contribution in [0.1, 0.15) is 49.8 Å². The molecule has 1 saturated heterocycles. The highest BCUT2D eigenvalue weighted by Gasteiger charge is 2.52. The van der Waals surface area contributed by atoms with Gasteiger partial charge in [0.25, 0.3) is 0 Å². The molecule has 0 spiro atoms. The maximum absolute atomic E-state index is 6.50. The van der Waals surface area contributed by atoms with Gasteiger partial charge in [-0.25, -0.2) is 0 Å². The van der Waals surface area contributed by atoms with E-state index in [1.807, 2.05) is 13.8 Å². The van der Waals surface area contributed by atoms with Crippen LogP contribution in [0.2, 0.25) is 0 Å². The van der Waals surface area contributed by atoms with E-state index in [-0.39, 0.29) is 18.1 Å². The minimum absolute atomic E-state index is 0.0840. The van der Waals surface area contributed by atoms with E-state index in [2.05, 4.69) is 36.4 Å². The van der Waals surface area contributed by atoms with E-state index in [9.17, 15) is 0 Å². The lowest BCUT2D eigenvalue weighted by molar-refractivity contribution is -0.144. The molecule has 4 aliphatic carbocycles. The maximum atomic E-state index is 6.50. The molecule has 4 heteroatoms. The Labute approximate surface area is 171 Å². The van der Waals surface area contributed by atoms with Gasteiger partial charge in [0.1, 0.15) is 12.2 Å². The van der Waals surface area contributed by atoms with Gasteiger partial charge in [0.2, 0.25) is 0 Å². The second-order valence-corrected chi connectivity index (χ2v) is 8.93. The third kappa shape index (κ3) is 2.33. The lowest BCUT2D eigenvalue weighted by Crippen LogP contribution is -2.32. The lowest BCUT2D eigenvalue weighted by atomic mass is 9.69. The standard InChI is InChI=1S/C25H26O4/c1-25(2)28-23-19-12-21(27-4)20(26-3)11-17(19)16-9-8-15-14-7-5-6-13(14)10-18(15)22(16)24(23)29-25/h7-12,15-16,23-24H,5-6H2,1-4H3/t15-,16+,23+,24+/m0/s1. The molecule has 1 aromatic rings. The van der Waals surface area contributed by atoms with Gasteiger partial charge in [-0.3, -0.25) is 0 Å². The monoisotopic (exact) mass is 390 g/mol. The van der Waals surface area contributed by atoms with Crippen LogP contribution in [-0.2, 0) is 9.47 Å². The lowest BCUT2D eigenvalue weighted by Gasteiger charge is -2.38. The maximum Gasteiger partial charge on any atom is 0.164 e. The molecule has 0 aromatic heterocycles. The first kappa shape index (κ1) is 17.5. The number of allylic oxidation sites excluding steroid dienone is 7. The van der Waals surface area contributed by atoms with Gasteiger partial charge in [0.15, 0.2) is 17.3 Å². The van der Waals surface area contributed by atoms with Crippen molar-refractivity contribution in [3.05, 3.63) is 69.9 Å². The molecule has 0 bridgehead atoms. The summed E-state index contributed by atoms with van der Waals surface area (Å²) in [6, 6.07) is 4.19. The SMILES string of the molecule is COc1cc2c(cc1OC)[C@H]1C=C[C@H]3C4=CCCC4=CC3=C1[C@H]1OC(C)(C)O[C@H]21. The Morgan fingerprint density at radius 2 is 1.62 bits per heavy atom. The van der Waals surface area contributed by atoms with Crippen molar-refractivity contribution < 1.29 is 18.9 Å². The van der Waals surface area contributed by atoms with Gasteiger partial charge in [-0.15, -0.1) is 0 Å². The summed E-state index contributed by atoms with van der Waals surface area (Å²) in [6.07, 6.45) is 11.7. The molecule has 1 aliphatic heterocycles. The van der Waals surface area contributed by atoms with Crippen LogP contribution in [0.5, 0.6) is 11.5 Å². The molecule has 0 amide bonds. The first-order valence-corrected chi connectivity index (χ1v) is 10.5. The van der Waals surface area contributed by atoms with Crippen LogP contribution >= 0.6 is 0 Å². The predicted molar refractivity (Wildman–Crippen MR) is 110 cm³/mol. The zero-order valence-electron chi connectivity index (χ0n) is 17.3. The fraction of sp³-hybridized carbons (Fsp3) is 0.440. The summed E-state index contributed by atoms with van der Waals surface area (Å²) in [5, 5.41) is 0. The largest absolute Gasteiger partial charge is 0.493 e. The summed E-state index contributed by atoms with van der Waals surface area (Å²) >= 11 is 0. The minimum atomic E-state index is -0.625. The van der Waals surface area contributed by atoms with Gasteiger partial charge in [-0.1, -0.05) is 24.3 Å². The van der Waals surface area contributed by atoms with Crippen LogP contribution in [0.3, 0.4) is 0 Å². The molecule has 0 unspecified atom stereocenters. The highest BCUT2D eigenvalue weighted by Crippen LogP contribution is 2.58. The van der Waals surface area contributed by atoms with Gasteiger partial charge < -0.3 is 18.9 Å². The molecule has 1 aromatic carbocycles. The van der Waals surface area contributed by atoms with Gasteiger partial charge in [0.05, 0.1) is 14.2 Å². The molecular formula is C25H26O4. The molecule has 0 N–H and O–H groups in total. The van der Waals surface area contributed by atoms with Crippen molar-refractivity contribution in [2.75, 3.05) is 14.2 Å². The average molecular weight is 390 g/mol. The van der Waals surface area contributed by atoms with Crippen molar-refractivity contribution in [3.8, 4) is 11.5 Å². The Balaban J connectivity index is 1.59. The Morgan fingerprint density at radius 3 is 2.38 bits per heavy atom. The summed E-state index contributed by atoms with van der Waals surface area (Å²) in [7, 11) is 3.37. The number of hydrogen-bond donors (Lipinski definition) is 0. The Hall–Kier alpha value is -2.30. The van der Waals surface area contributed by atoms with E-state index < -0.39 is 5.79 Å². The Kier molecular flexibility index (Phi) is 3.55. The fourth-order valence-electron chi connectivity index (χ4n) is 5.82. The topological polar surface area (TPSA) is 36.9 Å². The number of fused-ring (bicyclic) bond motifs is 9. The number of methoxy groups -OCH3 is 2. The molecule has 0 radical (unpaired) electrons. The summed E-state index contributed by atoms with van der Waals surface area (Å²) < 4.78 is 24.1. The van der Waals surface area contributed by atoms with Crippen LogP contribution in [0, 0.1) is 5.92 Å². The van der Waals surface area contributed by atoms with E-state index >= 15 is 0 Å². The highest BCUT2D eigenvalue weighted by molar-refractivity contribution is 5.65. The molecule has 150 valence electrons. The molecule has 0 saturated carbocycles. The molecule has 4 nitrogen and oxygen atoms in total. The summed E-state index contributed by atoms with van der Waals surface area (Å²) in [5.41, 5.74) is 8.13. The van der Waals surface area contributed by atoms with E-state index in [1.165, 1.54) is 27.9 Å². The average Bonchev–Trinajstić information content (AvgIpc) is 3.38. The van der Waals surface area contributed by atoms with Crippen LogP contribution in [-0.4, -0.2) is 26.1 Å². The van der Waals surface area contributed by atoms with Gasteiger partial charge in [0, 0.05) is 11.8 Å². The number of rotatable bonds is 2. The first-order valence-electron chi connectivity index (χ1n) is 10.5.